The van der Waals surface area contributed by atoms with Gasteiger partial charge in [-0.3, -0.25) is 10.1 Å². The van der Waals surface area contributed by atoms with Crippen molar-refractivity contribution in [2.75, 3.05) is 18.0 Å². The monoisotopic (exact) mass is 249 g/mol. The predicted octanol–water partition coefficient (Wildman–Crippen LogP) is 2.08. The van der Waals surface area contributed by atoms with Crippen molar-refractivity contribution < 1.29 is 4.92 Å². The standard InChI is InChI=1S/C13H19N3O2/c1-9-4-3-5-12(13(9)16(17)18)15-7-6-11(14)10(2)8-15/h3-5,10-11H,6-8,14H2,1-2H3. The summed E-state index contributed by atoms with van der Waals surface area (Å²) in [4.78, 5) is 13.0. The van der Waals surface area contributed by atoms with E-state index in [1.54, 1.807) is 13.0 Å². The molecule has 0 spiro atoms. The first-order valence-corrected chi connectivity index (χ1v) is 6.25. The average Bonchev–Trinajstić information content (AvgIpc) is 2.32. The lowest BCUT2D eigenvalue weighted by Gasteiger charge is -2.36. The molecule has 0 aromatic heterocycles. The highest BCUT2D eigenvalue weighted by atomic mass is 16.6. The number of hydrogen-bond donors (Lipinski definition) is 1. The van der Waals surface area contributed by atoms with E-state index in [2.05, 4.69) is 11.8 Å². The van der Waals surface area contributed by atoms with Crippen molar-refractivity contribution in [1.82, 2.24) is 0 Å². The van der Waals surface area contributed by atoms with Gasteiger partial charge in [0.2, 0.25) is 0 Å². The number of nitro groups is 1. The van der Waals surface area contributed by atoms with Crippen molar-refractivity contribution >= 4 is 11.4 Å². The fourth-order valence-electron chi connectivity index (χ4n) is 2.52. The molecular weight excluding hydrogens is 230 g/mol. The summed E-state index contributed by atoms with van der Waals surface area (Å²) in [6.07, 6.45) is 0.881. The molecule has 2 rings (SSSR count). The SMILES string of the molecule is Cc1cccc(N2CCC(N)C(C)C2)c1[N+](=O)[O-]. The maximum absolute atomic E-state index is 11.2. The zero-order valence-corrected chi connectivity index (χ0v) is 10.8. The number of nitrogens with zero attached hydrogens (tertiary/aromatic N) is 2. The van der Waals surface area contributed by atoms with Crippen LogP contribution in [0.4, 0.5) is 11.4 Å². The molecule has 1 aliphatic heterocycles. The zero-order chi connectivity index (χ0) is 13.3. The lowest BCUT2D eigenvalue weighted by molar-refractivity contribution is -0.384. The van der Waals surface area contributed by atoms with Crippen LogP contribution in [0, 0.1) is 23.0 Å². The van der Waals surface area contributed by atoms with Crippen molar-refractivity contribution in [3.63, 3.8) is 0 Å². The topological polar surface area (TPSA) is 72.4 Å². The second-order valence-electron chi connectivity index (χ2n) is 5.08. The summed E-state index contributed by atoms with van der Waals surface area (Å²) in [5.41, 5.74) is 7.64. The van der Waals surface area contributed by atoms with Crippen LogP contribution in [-0.4, -0.2) is 24.1 Å². The Morgan fingerprint density at radius 3 is 2.83 bits per heavy atom. The number of para-hydroxylation sites is 1. The van der Waals surface area contributed by atoms with Crippen LogP contribution in [0.5, 0.6) is 0 Å². The molecule has 0 radical (unpaired) electrons. The van der Waals surface area contributed by atoms with Crippen LogP contribution in [-0.2, 0) is 0 Å². The van der Waals surface area contributed by atoms with Gasteiger partial charge in [-0.25, -0.2) is 0 Å². The number of rotatable bonds is 2. The van der Waals surface area contributed by atoms with Gasteiger partial charge in [-0.15, -0.1) is 0 Å². The van der Waals surface area contributed by atoms with Gasteiger partial charge in [0.25, 0.3) is 5.69 Å². The number of anilines is 1. The van der Waals surface area contributed by atoms with E-state index < -0.39 is 0 Å². The van der Waals surface area contributed by atoms with E-state index in [4.69, 9.17) is 5.73 Å². The Bertz CT molecular complexity index is 462. The number of benzene rings is 1. The highest BCUT2D eigenvalue weighted by molar-refractivity contribution is 5.66. The van der Waals surface area contributed by atoms with Gasteiger partial charge in [0.1, 0.15) is 5.69 Å². The summed E-state index contributed by atoms with van der Waals surface area (Å²) in [5, 5.41) is 11.2. The highest BCUT2D eigenvalue weighted by Crippen LogP contribution is 2.33. The molecule has 2 N–H and O–H groups in total. The molecule has 0 aliphatic carbocycles. The molecule has 0 saturated carbocycles. The number of hydrogen-bond acceptors (Lipinski definition) is 4. The van der Waals surface area contributed by atoms with Gasteiger partial charge in [0, 0.05) is 24.7 Å². The fraction of sp³-hybridized carbons (Fsp3) is 0.538. The zero-order valence-electron chi connectivity index (χ0n) is 10.8. The molecule has 5 heteroatoms. The molecule has 0 amide bonds. The van der Waals surface area contributed by atoms with E-state index in [0.29, 0.717) is 11.5 Å². The minimum Gasteiger partial charge on any atom is -0.366 e. The molecule has 1 saturated heterocycles. The molecular formula is C13H19N3O2. The summed E-state index contributed by atoms with van der Waals surface area (Å²) in [5.74, 6) is 0.360. The Balaban J connectivity index is 2.34. The third-order valence-electron chi connectivity index (χ3n) is 3.71. The first-order valence-electron chi connectivity index (χ1n) is 6.25. The van der Waals surface area contributed by atoms with E-state index in [0.717, 1.165) is 25.2 Å². The Hall–Kier alpha value is -1.62. The molecule has 1 fully saturated rings. The first-order chi connectivity index (χ1) is 8.50. The highest BCUT2D eigenvalue weighted by Gasteiger charge is 2.28. The lowest BCUT2D eigenvalue weighted by Crippen LogP contribution is -2.46. The van der Waals surface area contributed by atoms with Crippen molar-refractivity contribution in [1.29, 1.82) is 0 Å². The average molecular weight is 249 g/mol. The van der Waals surface area contributed by atoms with Crippen molar-refractivity contribution in [2.45, 2.75) is 26.3 Å². The van der Waals surface area contributed by atoms with Crippen LogP contribution in [0.15, 0.2) is 18.2 Å². The molecule has 1 aliphatic rings. The van der Waals surface area contributed by atoms with E-state index >= 15 is 0 Å². The number of piperidine rings is 1. The summed E-state index contributed by atoms with van der Waals surface area (Å²) in [7, 11) is 0. The molecule has 1 aromatic carbocycles. The first kappa shape index (κ1) is 12.8. The molecule has 18 heavy (non-hydrogen) atoms. The smallest absolute Gasteiger partial charge is 0.295 e. The summed E-state index contributed by atoms with van der Waals surface area (Å²) < 4.78 is 0. The maximum atomic E-state index is 11.2. The van der Waals surface area contributed by atoms with Gasteiger partial charge in [0.05, 0.1) is 4.92 Å². The van der Waals surface area contributed by atoms with Crippen molar-refractivity contribution in [3.8, 4) is 0 Å². The molecule has 2 unspecified atom stereocenters. The van der Waals surface area contributed by atoms with E-state index in [-0.39, 0.29) is 16.7 Å². The van der Waals surface area contributed by atoms with Gasteiger partial charge in [-0.1, -0.05) is 19.1 Å². The Morgan fingerprint density at radius 2 is 2.22 bits per heavy atom. The summed E-state index contributed by atoms with van der Waals surface area (Å²) in [6.45, 7) is 5.44. The Morgan fingerprint density at radius 1 is 1.50 bits per heavy atom. The Labute approximate surface area is 107 Å². The third-order valence-corrected chi connectivity index (χ3v) is 3.71. The minimum absolute atomic E-state index is 0.199. The molecule has 1 aromatic rings. The minimum atomic E-state index is -0.288. The van der Waals surface area contributed by atoms with Crippen LogP contribution < -0.4 is 10.6 Å². The number of aryl methyl sites for hydroxylation is 1. The number of nitro benzene ring substituents is 1. The Kier molecular flexibility index (Phi) is 3.52. The van der Waals surface area contributed by atoms with Gasteiger partial charge >= 0.3 is 0 Å². The molecule has 5 nitrogen and oxygen atoms in total. The van der Waals surface area contributed by atoms with Gasteiger partial charge in [-0.2, -0.15) is 0 Å². The second-order valence-corrected chi connectivity index (χ2v) is 5.08. The normalized spacial score (nSPS) is 24.1. The molecule has 0 bridgehead atoms. The fourth-order valence-corrected chi connectivity index (χ4v) is 2.52. The van der Waals surface area contributed by atoms with Crippen LogP contribution in [0.1, 0.15) is 18.9 Å². The van der Waals surface area contributed by atoms with Crippen molar-refractivity contribution in [2.24, 2.45) is 11.7 Å². The van der Waals surface area contributed by atoms with E-state index in [1.807, 2.05) is 12.1 Å². The second kappa shape index (κ2) is 4.94. The van der Waals surface area contributed by atoms with Crippen LogP contribution in [0.2, 0.25) is 0 Å². The molecule has 2 atom stereocenters. The molecule has 1 heterocycles. The van der Waals surface area contributed by atoms with Gasteiger partial charge in [-0.05, 0) is 25.3 Å². The van der Waals surface area contributed by atoms with Crippen molar-refractivity contribution in [3.05, 3.63) is 33.9 Å². The molecule has 98 valence electrons. The van der Waals surface area contributed by atoms with E-state index in [9.17, 15) is 10.1 Å². The van der Waals surface area contributed by atoms with Gasteiger partial charge < -0.3 is 10.6 Å². The summed E-state index contributed by atoms with van der Waals surface area (Å²) in [6, 6.07) is 5.68. The van der Waals surface area contributed by atoms with Crippen LogP contribution in [0.25, 0.3) is 0 Å². The quantitative estimate of drug-likeness (QED) is 0.643. The van der Waals surface area contributed by atoms with Crippen LogP contribution in [0.3, 0.4) is 0 Å². The summed E-state index contributed by atoms with van der Waals surface area (Å²) >= 11 is 0. The predicted molar refractivity (Wildman–Crippen MR) is 71.8 cm³/mol. The third kappa shape index (κ3) is 2.31. The van der Waals surface area contributed by atoms with E-state index in [1.165, 1.54) is 0 Å². The number of nitrogens with two attached hydrogens (primary N) is 1. The largest absolute Gasteiger partial charge is 0.366 e. The van der Waals surface area contributed by atoms with Crippen LogP contribution >= 0.6 is 0 Å². The lowest BCUT2D eigenvalue weighted by atomic mass is 9.94. The van der Waals surface area contributed by atoms with Gasteiger partial charge in [0.15, 0.2) is 0 Å². The maximum Gasteiger partial charge on any atom is 0.295 e.